The van der Waals surface area contributed by atoms with Crippen LogP contribution in [0.1, 0.15) is 21.5 Å². The molecule has 3 N–H and O–H groups in total. The van der Waals surface area contributed by atoms with Crippen LogP contribution >= 0.6 is 0 Å². The van der Waals surface area contributed by atoms with E-state index < -0.39 is 45.9 Å². The first-order valence-electron chi connectivity index (χ1n) is 9.89. The zero-order chi connectivity index (χ0) is 28.2. The van der Waals surface area contributed by atoms with Gasteiger partial charge in [-0.15, -0.1) is 0 Å². The Labute approximate surface area is 213 Å². The summed E-state index contributed by atoms with van der Waals surface area (Å²) < 4.78 is 102. The molecule has 0 amide bonds. The number of hydrogen-bond donors (Lipinski definition) is 3. The number of carbonyl (C=O) groups excluding carboxylic acids is 1. The van der Waals surface area contributed by atoms with Crippen molar-refractivity contribution >= 4 is 36.1 Å². The highest BCUT2D eigenvalue weighted by molar-refractivity contribution is 7.86. The van der Waals surface area contributed by atoms with Gasteiger partial charge in [-0.2, -0.15) is 25.3 Å². The van der Waals surface area contributed by atoms with Gasteiger partial charge < -0.3 is 9.47 Å². The monoisotopic (exact) mass is 574 g/mol. The summed E-state index contributed by atoms with van der Waals surface area (Å²) in [7, 11) is -11.5. The summed E-state index contributed by atoms with van der Waals surface area (Å²) in [6.45, 7) is 1.44. The Morgan fingerprint density at radius 2 is 1.14 bits per heavy atom. The van der Waals surface area contributed by atoms with Gasteiger partial charge in [-0.25, -0.2) is 0 Å². The smallest absolute Gasteiger partial charge is 0.298 e. The maximum absolute atomic E-state index is 12.8. The van der Waals surface area contributed by atoms with Gasteiger partial charge in [-0.3, -0.25) is 18.5 Å². The van der Waals surface area contributed by atoms with Gasteiger partial charge in [0.2, 0.25) is 0 Å². The van der Waals surface area contributed by atoms with Crippen LogP contribution in [0.4, 0.5) is 0 Å². The number of carbonyl (C=O) groups is 1. The normalized spacial score (nSPS) is 11.7. The minimum atomic E-state index is -4.78. The molecule has 0 heterocycles. The molecule has 0 aliphatic carbocycles. The molecular weight excluding hydrogens is 552 g/mol. The SMILES string of the molecule is COc1ccc(Oc2ccc(C(=O)c3ccc(C)c(S(=O)(=O)O)c3)cc2S(=O)(=O)O)cc1.CS(=O)(=O)O. The Morgan fingerprint density at radius 1 is 0.703 bits per heavy atom. The van der Waals surface area contributed by atoms with E-state index in [-0.39, 0.29) is 28.2 Å². The molecule has 0 spiro atoms. The molecule has 37 heavy (non-hydrogen) atoms. The Balaban J connectivity index is 0.000000877. The number of aryl methyl sites for hydroxylation is 1. The van der Waals surface area contributed by atoms with Gasteiger partial charge in [0.1, 0.15) is 22.1 Å². The van der Waals surface area contributed by atoms with E-state index in [9.17, 15) is 39.2 Å². The third-order valence-corrected chi connectivity index (χ3v) is 6.37. The molecule has 0 aromatic heterocycles. The molecule has 0 saturated heterocycles. The molecule has 3 aromatic carbocycles. The van der Waals surface area contributed by atoms with Gasteiger partial charge in [-0.05, 0) is 61.0 Å². The van der Waals surface area contributed by atoms with E-state index in [2.05, 4.69) is 0 Å². The average molecular weight is 575 g/mol. The molecule has 0 bridgehead atoms. The number of ketones is 1. The molecule has 12 nitrogen and oxygen atoms in total. The van der Waals surface area contributed by atoms with E-state index >= 15 is 0 Å². The highest BCUT2D eigenvalue weighted by Crippen LogP contribution is 2.31. The first kappa shape index (κ1) is 29.9. The highest BCUT2D eigenvalue weighted by Gasteiger charge is 2.22. The Kier molecular flexibility index (Phi) is 9.18. The molecule has 3 aromatic rings. The van der Waals surface area contributed by atoms with Gasteiger partial charge >= 0.3 is 0 Å². The number of methoxy groups -OCH3 is 1. The van der Waals surface area contributed by atoms with Gasteiger partial charge in [0.05, 0.1) is 18.3 Å². The van der Waals surface area contributed by atoms with Crippen molar-refractivity contribution in [3.05, 3.63) is 77.4 Å². The van der Waals surface area contributed by atoms with Crippen molar-refractivity contribution < 1.29 is 53.2 Å². The molecule has 0 atom stereocenters. The summed E-state index contributed by atoms with van der Waals surface area (Å²) in [5.74, 6) is -0.144. The largest absolute Gasteiger partial charge is 0.497 e. The summed E-state index contributed by atoms with van der Waals surface area (Å²) in [6, 6.07) is 13.3. The second kappa shape index (κ2) is 11.4. The fraction of sp³-hybridized carbons (Fsp3) is 0.136. The third kappa shape index (κ3) is 8.92. The molecule has 200 valence electrons. The summed E-state index contributed by atoms with van der Waals surface area (Å²) >= 11 is 0. The molecule has 0 unspecified atom stereocenters. The summed E-state index contributed by atoms with van der Waals surface area (Å²) in [5, 5.41) is 0. The van der Waals surface area contributed by atoms with Crippen molar-refractivity contribution in [3.8, 4) is 17.2 Å². The van der Waals surface area contributed by atoms with Crippen molar-refractivity contribution in [2.75, 3.05) is 13.4 Å². The first-order chi connectivity index (χ1) is 16.9. The zero-order valence-electron chi connectivity index (χ0n) is 19.5. The van der Waals surface area contributed by atoms with E-state index in [1.807, 2.05) is 0 Å². The Hall–Kier alpha value is -3.34. The van der Waals surface area contributed by atoms with Crippen LogP contribution in [0.2, 0.25) is 0 Å². The van der Waals surface area contributed by atoms with E-state index in [0.29, 0.717) is 12.0 Å². The standard InChI is InChI=1S/C21H18O9S2.CH4O3S/c1-13-3-4-14(11-19(13)31(23,24)25)21(22)15-5-10-18(20(12-15)32(26,27)28)30-17-8-6-16(29-2)7-9-17;1-5(2,3)4/h3-12H,1-2H3,(H,23,24,25)(H,26,27,28);1H3,(H,2,3,4). The lowest BCUT2D eigenvalue weighted by atomic mass is 10.0. The van der Waals surface area contributed by atoms with Crippen LogP contribution in [-0.2, 0) is 30.4 Å². The lowest BCUT2D eigenvalue weighted by Crippen LogP contribution is -2.08. The Bertz CT molecular complexity index is 1620. The van der Waals surface area contributed by atoms with Crippen molar-refractivity contribution in [1.82, 2.24) is 0 Å². The summed E-state index contributed by atoms with van der Waals surface area (Å²) in [4.78, 5) is 11.8. The highest BCUT2D eigenvalue weighted by atomic mass is 32.2. The minimum absolute atomic E-state index is 0.103. The van der Waals surface area contributed by atoms with Crippen molar-refractivity contribution in [2.24, 2.45) is 0 Å². The summed E-state index contributed by atoms with van der Waals surface area (Å²) in [6.07, 6.45) is 0.715. The van der Waals surface area contributed by atoms with Crippen LogP contribution in [0.3, 0.4) is 0 Å². The summed E-state index contributed by atoms with van der Waals surface area (Å²) in [5.41, 5.74) is -0.0240. The third-order valence-electron chi connectivity index (χ3n) is 4.50. The fourth-order valence-electron chi connectivity index (χ4n) is 2.89. The molecule has 0 fully saturated rings. The van der Waals surface area contributed by atoms with Crippen LogP contribution in [-0.4, -0.2) is 58.1 Å². The van der Waals surface area contributed by atoms with Crippen LogP contribution in [0.15, 0.2) is 70.5 Å². The van der Waals surface area contributed by atoms with Gasteiger partial charge in [0, 0.05) is 11.1 Å². The zero-order valence-corrected chi connectivity index (χ0v) is 22.0. The van der Waals surface area contributed by atoms with Gasteiger partial charge in [-0.1, -0.05) is 12.1 Å². The lowest BCUT2D eigenvalue weighted by molar-refractivity contribution is 0.103. The van der Waals surface area contributed by atoms with Crippen LogP contribution < -0.4 is 9.47 Å². The van der Waals surface area contributed by atoms with E-state index in [1.165, 1.54) is 50.4 Å². The maximum Gasteiger partial charge on any atom is 0.298 e. The predicted octanol–water partition coefficient (Wildman–Crippen LogP) is 3.02. The minimum Gasteiger partial charge on any atom is -0.497 e. The van der Waals surface area contributed by atoms with E-state index in [1.54, 1.807) is 12.1 Å². The molecule has 0 radical (unpaired) electrons. The second-order valence-electron chi connectivity index (χ2n) is 7.43. The first-order valence-corrected chi connectivity index (χ1v) is 14.6. The molecular formula is C22H22O12S3. The quantitative estimate of drug-likeness (QED) is 0.276. The van der Waals surface area contributed by atoms with Crippen LogP contribution in [0.5, 0.6) is 17.2 Å². The number of benzene rings is 3. The van der Waals surface area contributed by atoms with Crippen molar-refractivity contribution in [2.45, 2.75) is 16.7 Å². The van der Waals surface area contributed by atoms with Crippen molar-refractivity contribution in [3.63, 3.8) is 0 Å². The number of rotatable bonds is 7. The average Bonchev–Trinajstić information content (AvgIpc) is 2.77. The molecule has 15 heteroatoms. The van der Waals surface area contributed by atoms with Crippen molar-refractivity contribution in [1.29, 1.82) is 0 Å². The predicted molar refractivity (Wildman–Crippen MR) is 131 cm³/mol. The van der Waals surface area contributed by atoms with Gasteiger partial charge in [0.25, 0.3) is 30.4 Å². The lowest BCUT2D eigenvalue weighted by Gasteiger charge is -2.12. The van der Waals surface area contributed by atoms with Gasteiger partial charge in [0.15, 0.2) is 5.78 Å². The molecule has 0 aliphatic heterocycles. The molecule has 3 rings (SSSR count). The van der Waals surface area contributed by atoms with E-state index in [4.69, 9.17) is 14.0 Å². The number of ether oxygens (including phenoxy) is 2. The second-order valence-corrected chi connectivity index (χ2v) is 11.7. The van der Waals surface area contributed by atoms with Crippen LogP contribution in [0.25, 0.3) is 0 Å². The van der Waals surface area contributed by atoms with Crippen LogP contribution in [0, 0.1) is 6.92 Å². The van der Waals surface area contributed by atoms with E-state index in [0.717, 1.165) is 12.1 Å². The molecule has 0 aliphatic rings. The fourth-order valence-corrected chi connectivity index (χ4v) is 4.28. The topological polar surface area (TPSA) is 199 Å². The maximum atomic E-state index is 12.8. The Morgan fingerprint density at radius 3 is 1.59 bits per heavy atom. The number of hydrogen-bond acceptors (Lipinski definition) is 9. The molecule has 0 saturated carbocycles.